The molecule has 0 aromatic rings. The first kappa shape index (κ1) is 3.40. The molecule has 0 aliphatic carbocycles. The van der Waals surface area contributed by atoms with E-state index in [0.29, 0.717) is 0 Å². The minimum Gasteiger partial charge on any atom is -0.550 e. The average molecular weight is 354 g/mol. The van der Waals surface area contributed by atoms with E-state index < -0.39 is 114 Å². The second-order valence-corrected chi connectivity index (χ2v) is 2.29. The molecule has 3 heteroatoms. The van der Waals surface area contributed by atoms with E-state index >= 15 is 0 Å². The van der Waals surface area contributed by atoms with Gasteiger partial charge in [0.05, 0.1) is 2.74 Å². The molecule has 0 saturated carbocycles. The average Bonchev–Trinajstić information content (AvgIpc) is 2.93. The summed E-state index contributed by atoms with van der Waals surface area (Å²) in [5.41, 5.74) is 0. The molecule has 0 unspecified atom stereocenters. The minimum absolute atomic E-state index is 0. The van der Waals surface area contributed by atoms with Gasteiger partial charge in [-0.2, -0.15) is 0 Å². The smallest absolute Gasteiger partial charge is 0.550 e. The van der Waals surface area contributed by atoms with Gasteiger partial charge in [-0.25, -0.2) is 0 Å². The van der Waals surface area contributed by atoms with Crippen molar-refractivity contribution in [1.82, 2.24) is 0 Å². The summed E-state index contributed by atoms with van der Waals surface area (Å²) in [5.74, 6) is -3.00. The molecule has 0 aliphatic heterocycles. The van der Waals surface area contributed by atoms with Crippen molar-refractivity contribution in [2.24, 2.45) is 0 Å². The van der Waals surface area contributed by atoms with Crippen molar-refractivity contribution in [2.45, 2.75) is 96.1 Å². The number of rotatable bonds is 15. The number of allylic oxidation sites excluding steroid dienone is 2. The number of aliphatic carboxylic acids is 1. The fourth-order valence-electron chi connectivity index (χ4n) is 0.489. The standard InChI is InChI=1S/C18H34O2.K/c1-2-3-4-5-6-7-8-9-10-11-12-13-14-15-16-17-18(19)20;/h9-10H,2-8,11-17H2,1H3,(H,19,20);/q;+1/p-1/b10-9-;/i1D3,2D2,3D2,4D2,5D2,6D2,7D2,8D2,9D,10D,11D2,12D2,13D2,14D2,15D2,16D2,17D2;. The first-order chi connectivity index (χ1) is 22.3. The van der Waals surface area contributed by atoms with E-state index in [9.17, 15) is 9.90 Å². The molecule has 0 aromatic carbocycles. The van der Waals surface area contributed by atoms with Crippen LogP contribution < -0.4 is 56.5 Å². The van der Waals surface area contributed by atoms with E-state index in [1.165, 1.54) is 0 Å². The molecule has 0 radical (unpaired) electrons. The Morgan fingerprint density at radius 3 is 1.95 bits per heavy atom. The molecule has 0 rings (SSSR count). The van der Waals surface area contributed by atoms with Crippen molar-refractivity contribution in [3.05, 3.63) is 12.1 Å². The zero-order valence-electron chi connectivity index (χ0n) is 43.8. The summed E-state index contributed by atoms with van der Waals surface area (Å²) in [7, 11) is 0. The van der Waals surface area contributed by atoms with Gasteiger partial charge in [0.15, 0.2) is 0 Å². The second kappa shape index (κ2) is 20.8. The van der Waals surface area contributed by atoms with Gasteiger partial charge >= 0.3 is 51.4 Å². The summed E-state index contributed by atoms with van der Waals surface area (Å²) in [4.78, 5) is 11.2. The molecule has 0 spiro atoms. The summed E-state index contributed by atoms with van der Waals surface area (Å²) >= 11 is 0. The van der Waals surface area contributed by atoms with Gasteiger partial charge in [0.2, 0.25) is 0 Å². The topological polar surface area (TPSA) is 40.1 Å². The van der Waals surface area contributed by atoms with Crippen molar-refractivity contribution in [2.75, 3.05) is 0 Å². The van der Waals surface area contributed by atoms with E-state index in [0.717, 1.165) is 0 Å². The third-order valence-corrected chi connectivity index (χ3v) is 1.04. The summed E-state index contributed by atoms with van der Waals surface area (Å²) in [6, 6.07) is -5.14. The van der Waals surface area contributed by atoms with Gasteiger partial charge < -0.3 is 9.90 Å². The summed E-state index contributed by atoms with van der Waals surface area (Å²) in [6.45, 7) is -4.09. The van der Waals surface area contributed by atoms with Crippen molar-refractivity contribution in [3.8, 4) is 0 Å². The largest absolute Gasteiger partial charge is 1.00 e. The van der Waals surface area contributed by atoms with Gasteiger partial charge in [-0.05, 0) is 38.2 Å². The maximum Gasteiger partial charge on any atom is 1.00 e. The SMILES string of the molecule is [2H]/C(=C(\[2H])C([2H])([2H])C([2H])([2H])C([2H])([2H])C([2H])([2H])C([2H])([2H])C([2H])([2H])C([2H])([2H])C([2H])([2H])[2H])C([2H])([2H])C([2H])([2H])C([2H])([2H])C([2H])([2H])C([2H])([2H])C([2H])([2H])C([2H])([2H])C(=O)[O-].[K+]. The number of carbonyl (C=O) groups is 1. The fraction of sp³-hybridized carbons (Fsp3) is 0.833. The molecule has 0 atom stereocenters. The van der Waals surface area contributed by atoms with E-state index in [1.54, 1.807) is 0 Å². The Kier molecular flexibility index (Phi) is 3.37. The van der Waals surface area contributed by atoms with Crippen LogP contribution in [0.25, 0.3) is 0 Å². The summed E-state index contributed by atoms with van der Waals surface area (Å²) < 4.78 is 259. The maximum absolute atomic E-state index is 11.2. The maximum atomic E-state index is 11.2. The van der Waals surface area contributed by atoms with Crippen molar-refractivity contribution in [1.29, 1.82) is 0 Å². The molecule has 0 heterocycles. The quantitative estimate of drug-likeness (QED) is 0.332. The Morgan fingerprint density at radius 1 is 0.952 bits per heavy atom. The van der Waals surface area contributed by atoms with Crippen molar-refractivity contribution in [3.63, 3.8) is 0 Å². The molecular weight excluding hydrogens is 287 g/mol. The van der Waals surface area contributed by atoms with Crippen molar-refractivity contribution >= 4 is 5.97 Å². The van der Waals surface area contributed by atoms with Gasteiger partial charge in [0.25, 0.3) is 0 Å². The van der Waals surface area contributed by atoms with Crippen LogP contribution in [0, 0.1) is 0 Å². The molecular formula is C18H33KO2. The van der Waals surface area contributed by atoms with E-state index in [-0.39, 0.29) is 51.4 Å². The number of carbonyl (C=O) groups excluding carboxylic acids is 1. The Bertz CT molecular complexity index is 1430. The molecule has 0 amide bonds. The molecule has 0 N–H and O–H groups in total. The van der Waals surface area contributed by atoms with Crippen LogP contribution in [-0.2, 0) is 4.79 Å². The minimum atomic E-state index is -4.93. The molecule has 0 fully saturated rings. The first-order valence-electron chi connectivity index (χ1n) is 21.2. The van der Waals surface area contributed by atoms with Gasteiger partial charge in [-0.15, -0.1) is 0 Å². The van der Waals surface area contributed by atoms with E-state index in [1.807, 2.05) is 0 Å². The summed E-state index contributed by atoms with van der Waals surface area (Å²) in [5, 5.41) is 11.2. The normalized spacial score (nSPS) is 45.0. The Balaban J connectivity index is 0. The molecule has 21 heavy (non-hydrogen) atoms. The Hall–Kier alpha value is 0.846. The van der Waals surface area contributed by atoms with E-state index in [4.69, 9.17) is 45.2 Å². The molecule has 0 saturated heterocycles. The van der Waals surface area contributed by atoms with Crippen LogP contribution in [0.1, 0.15) is 141 Å². The van der Waals surface area contributed by atoms with Gasteiger partial charge in [0, 0.05) is 48.5 Å². The predicted molar refractivity (Wildman–Crippen MR) is 84.5 cm³/mol. The zero-order chi connectivity index (χ0) is 44.2. The van der Waals surface area contributed by atoms with Crippen LogP contribution in [0.3, 0.4) is 0 Å². The third kappa shape index (κ3) is 23.2. The monoisotopic (exact) mass is 353 g/mol. The van der Waals surface area contributed by atoms with Crippen molar-refractivity contribution < 1.29 is 107 Å². The van der Waals surface area contributed by atoms with Crippen LogP contribution in [0.2, 0.25) is 0 Å². The number of hydrogen-bond acceptors (Lipinski definition) is 2. The first-order valence-corrected chi connectivity index (χ1v) is 4.66. The molecule has 118 valence electrons. The second-order valence-electron chi connectivity index (χ2n) is 2.29. The fourth-order valence-corrected chi connectivity index (χ4v) is 0.489. The molecule has 0 aromatic heterocycles. The number of hydrogen-bond donors (Lipinski definition) is 0. The number of carboxylic acid groups (broad SMARTS) is 1. The van der Waals surface area contributed by atoms with Crippen LogP contribution in [0.4, 0.5) is 0 Å². The van der Waals surface area contributed by atoms with Crippen LogP contribution in [0.15, 0.2) is 12.1 Å². The van der Waals surface area contributed by atoms with E-state index in [2.05, 4.69) is 0 Å². The predicted octanol–water partition coefficient (Wildman–Crippen LogP) is 1.78. The summed E-state index contributed by atoms with van der Waals surface area (Å²) in [6.07, 6.45) is -66.7. The van der Waals surface area contributed by atoms with Crippen LogP contribution in [-0.4, -0.2) is 5.97 Å². The molecule has 0 bridgehead atoms. The Morgan fingerprint density at radius 2 is 1.43 bits per heavy atom. The third-order valence-electron chi connectivity index (χ3n) is 1.04. The van der Waals surface area contributed by atoms with Gasteiger partial charge in [0.1, 0.15) is 0 Å². The molecule has 0 aliphatic rings. The van der Waals surface area contributed by atoms with Gasteiger partial charge in [-0.1, -0.05) is 69.9 Å². The van der Waals surface area contributed by atoms with Crippen LogP contribution >= 0.6 is 0 Å². The van der Waals surface area contributed by atoms with Gasteiger partial charge in [-0.3, -0.25) is 0 Å². The Labute approximate surface area is 220 Å². The number of carboxylic acids is 1. The molecule has 2 nitrogen and oxygen atoms in total. The zero-order valence-corrected chi connectivity index (χ0v) is 13.9. The van der Waals surface area contributed by atoms with Crippen LogP contribution in [0.5, 0.6) is 0 Å².